The fourth-order valence-electron chi connectivity index (χ4n) is 2.03. The maximum atomic E-state index is 13.1. The number of halogens is 1. The molecule has 0 aliphatic carbocycles. The summed E-state index contributed by atoms with van der Waals surface area (Å²) < 4.78 is 18.1. The molecule has 0 aromatic heterocycles. The highest BCUT2D eigenvalue weighted by molar-refractivity contribution is 5.91. The van der Waals surface area contributed by atoms with E-state index in [0.29, 0.717) is 11.1 Å². The Morgan fingerprint density at radius 3 is 2.67 bits per heavy atom. The maximum Gasteiger partial charge on any atom is 0.338 e. The summed E-state index contributed by atoms with van der Waals surface area (Å²) in [6.45, 7) is -0.223. The minimum absolute atomic E-state index is 0.203. The van der Waals surface area contributed by atoms with Gasteiger partial charge in [-0.1, -0.05) is 18.2 Å². The number of hydrogen-bond donors (Lipinski definition) is 0. The minimum Gasteiger partial charge on any atom is -0.452 e. The van der Waals surface area contributed by atoms with Gasteiger partial charge in [-0.25, -0.2) is 9.18 Å². The van der Waals surface area contributed by atoms with Crippen LogP contribution in [0.5, 0.6) is 0 Å². The molecule has 0 atom stereocenters. The fraction of sp³-hybridized carbons (Fsp3) is 0.167. The first-order chi connectivity index (χ1) is 11.5. The highest BCUT2D eigenvalue weighted by Crippen LogP contribution is 2.08. The predicted molar refractivity (Wildman–Crippen MR) is 84.3 cm³/mol. The average molecular weight is 326 g/mol. The quantitative estimate of drug-likeness (QED) is 0.792. The molecule has 0 spiro atoms. The normalized spacial score (nSPS) is 9.88. The van der Waals surface area contributed by atoms with E-state index in [-0.39, 0.29) is 17.9 Å². The third-order valence-corrected chi connectivity index (χ3v) is 3.29. The molecule has 1 amide bonds. The van der Waals surface area contributed by atoms with E-state index in [9.17, 15) is 14.0 Å². The molecule has 24 heavy (non-hydrogen) atoms. The van der Waals surface area contributed by atoms with Crippen LogP contribution in [-0.2, 0) is 16.1 Å². The van der Waals surface area contributed by atoms with E-state index in [0.717, 1.165) is 0 Å². The molecular formula is C18H15FN2O3. The van der Waals surface area contributed by atoms with Gasteiger partial charge in [-0.05, 0) is 35.9 Å². The van der Waals surface area contributed by atoms with Crippen LogP contribution < -0.4 is 0 Å². The van der Waals surface area contributed by atoms with Crippen LogP contribution in [0.15, 0.2) is 48.5 Å². The first-order valence-electron chi connectivity index (χ1n) is 7.15. The molecule has 0 bridgehead atoms. The summed E-state index contributed by atoms with van der Waals surface area (Å²) in [6.07, 6.45) is 0. The molecule has 0 fully saturated rings. The highest BCUT2D eigenvalue weighted by atomic mass is 19.1. The van der Waals surface area contributed by atoms with E-state index >= 15 is 0 Å². The Kier molecular flexibility index (Phi) is 5.63. The number of carbonyl (C=O) groups excluding carboxylic acids is 2. The van der Waals surface area contributed by atoms with Gasteiger partial charge in [-0.15, -0.1) is 0 Å². The fourth-order valence-corrected chi connectivity index (χ4v) is 2.03. The van der Waals surface area contributed by atoms with Crippen molar-refractivity contribution >= 4 is 11.9 Å². The summed E-state index contributed by atoms with van der Waals surface area (Å²) >= 11 is 0. The lowest BCUT2D eigenvalue weighted by Crippen LogP contribution is -2.30. The number of nitriles is 1. The first-order valence-corrected chi connectivity index (χ1v) is 7.15. The Balaban J connectivity index is 1.90. The van der Waals surface area contributed by atoms with Crippen LogP contribution in [0.25, 0.3) is 0 Å². The Hall–Kier alpha value is -3.20. The van der Waals surface area contributed by atoms with Crippen molar-refractivity contribution in [2.24, 2.45) is 0 Å². The molecule has 2 rings (SSSR count). The van der Waals surface area contributed by atoms with Crippen LogP contribution in [0, 0.1) is 17.1 Å². The monoisotopic (exact) mass is 326 g/mol. The molecular weight excluding hydrogens is 311 g/mol. The topological polar surface area (TPSA) is 70.4 Å². The zero-order chi connectivity index (χ0) is 17.5. The Labute approximate surface area is 138 Å². The Bertz CT molecular complexity index is 799. The predicted octanol–water partition coefficient (Wildman–Crippen LogP) is 2.51. The Morgan fingerprint density at radius 1 is 1.21 bits per heavy atom. The summed E-state index contributed by atoms with van der Waals surface area (Å²) in [5.41, 5.74) is 1.17. The van der Waals surface area contributed by atoms with Crippen molar-refractivity contribution in [1.82, 2.24) is 4.90 Å². The summed E-state index contributed by atoms with van der Waals surface area (Å²) in [7, 11) is 1.54. The summed E-state index contributed by atoms with van der Waals surface area (Å²) in [4.78, 5) is 25.2. The lowest BCUT2D eigenvalue weighted by molar-refractivity contribution is -0.133. The molecule has 5 nitrogen and oxygen atoms in total. The molecule has 0 radical (unpaired) electrons. The molecule has 0 N–H and O–H groups in total. The van der Waals surface area contributed by atoms with E-state index < -0.39 is 18.5 Å². The lowest BCUT2D eigenvalue weighted by atomic mass is 10.1. The van der Waals surface area contributed by atoms with Crippen molar-refractivity contribution in [2.75, 3.05) is 13.7 Å². The molecule has 0 heterocycles. The summed E-state index contributed by atoms with van der Waals surface area (Å²) in [5, 5.41) is 8.80. The lowest BCUT2D eigenvalue weighted by Gasteiger charge is -2.17. The van der Waals surface area contributed by atoms with Gasteiger partial charge in [-0.2, -0.15) is 5.26 Å². The second-order valence-electron chi connectivity index (χ2n) is 5.15. The molecule has 0 saturated heterocycles. The van der Waals surface area contributed by atoms with Crippen molar-refractivity contribution in [3.8, 4) is 6.07 Å². The Morgan fingerprint density at radius 2 is 1.96 bits per heavy atom. The largest absolute Gasteiger partial charge is 0.452 e. The van der Waals surface area contributed by atoms with Crippen LogP contribution >= 0.6 is 0 Å². The number of benzene rings is 2. The SMILES string of the molecule is CN(Cc1cccc(F)c1)C(=O)COC(=O)c1cccc(C#N)c1. The van der Waals surface area contributed by atoms with Gasteiger partial charge < -0.3 is 9.64 Å². The van der Waals surface area contributed by atoms with Gasteiger partial charge in [0.1, 0.15) is 5.82 Å². The van der Waals surface area contributed by atoms with Gasteiger partial charge in [-0.3, -0.25) is 4.79 Å². The number of likely N-dealkylation sites (N-methyl/N-ethyl adjacent to an activating group) is 1. The summed E-state index contributed by atoms with van der Waals surface area (Å²) in [6, 6.07) is 13.9. The van der Waals surface area contributed by atoms with E-state index in [1.165, 1.54) is 36.2 Å². The smallest absolute Gasteiger partial charge is 0.338 e. The molecule has 122 valence electrons. The van der Waals surface area contributed by atoms with E-state index in [1.807, 2.05) is 6.07 Å². The molecule has 2 aromatic rings. The average Bonchev–Trinajstić information content (AvgIpc) is 2.59. The van der Waals surface area contributed by atoms with Gasteiger partial charge in [0.25, 0.3) is 5.91 Å². The molecule has 0 aliphatic heterocycles. The van der Waals surface area contributed by atoms with Crippen LogP contribution in [0.4, 0.5) is 4.39 Å². The van der Waals surface area contributed by atoms with Gasteiger partial charge in [0.15, 0.2) is 6.61 Å². The minimum atomic E-state index is -0.681. The van der Waals surface area contributed by atoms with Crippen molar-refractivity contribution in [3.05, 3.63) is 71.0 Å². The van der Waals surface area contributed by atoms with Crippen molar-refractivity contribution in [1.29, 1.82) is 5.26 Å². The summed E-state index contributed by atoms with van der Waals surface area (Å²) in [5.74, 6) is -1.47. The molecule has 6 heteroatoms. The van der Waals surface area contributed by atoms with Gasteiger partial charge in [0.2, 0.25) is 0 Å². The van der Waals surface area contributed by atoms with Crippen molar-refractivity contribution in [2.45, 2.75) is 6.54 Å². The molecule has 0 unspecified atom stereocenters. The van der Waals surface area contributed by atoms with Gasteiger partial charge >= 0.3 is 5.97 Å². The number of ether oxygens (including phenoxy) is 1. The zero-order valence-electron chi connectivity index (χ0n) is 13.0. The van der Waals surface area contributed by atoms with Crippen molar-refractivity contribution in [3.63, 3.8) is 0 Å². The van der Waals surface area contributed by atoms with Crippen LogP contribution in [0.1, 0.15) is 21.5 Å². The number of esters is 1. The third kappa shape index (κ3) is 4.65. The first kappa shape index (κ1) is 17.2. The van der Waals surface area contributed by atoms with Crippen molar-refractivity contribution < 1.29 is 18.7 Å². The number of amides is 1. The van der Waals surface area contributed by atoms with Crippen LogP contribution in [0.3, 0.4) is 0 Å². The van der Waals surface area contributed by atoms with E-state index in [4.69, 9.17) is 10.00 Å². The molecule has 0 saturated carbocycles. The van der Waals surface area contributed by atoms with E-state index in [1.54, 1.807) is 24.3 Å². The van der Waals surface area contributed by atoms with Crippen LogP contribution in [0.2, 0.25) is 0 Å². The highest BCUT2D eigenvalue weighted by Gasteiger charge is 2.14. The number of carbonyl (C=O) groups is 2. The van der Waals surface area contributed by atoms with Gasteiger partial charge in [0, 0.05) is 13.6 Å². The second kappa shape index (κ2) is 7.88. The zero-order valence-corrected chi connectivity index (χ0v) is 13.0. The van der Waals surface area contributed by atoms with Crippen LogP contribution in [-0.4, -0.2) is 30.4 Å². The maximum absolute atomic E-state index is 13.1. The van der Waals surface area contributed by atoms with Gasteiger partial charge in [0.05, 0.1) is 17.2 Å². The van der Waals surface area contributed by atoms with E-state index in [2.05, 4.69) is 0 Å². The number of hydrogen-bond acceptors (Lipinski definition) is 4. The second-order valence-corrected chi connectivity index (χ2v) is 5.15. The molecule has 0 aliphatic rings. The molecule has 2 aromatic carbocycles. The standard InChI is InChI=1S/C18H15FN2O3/c1-21(11-14-5-3-7-16(19)9-14)17(22)12-24-18(23)15-6-2-4-13(8-15)10-20/h2-9H,11-12H2,1H3. The number of nitrogens with zero attached hydrogens (tertiary/aromatic N) is 2. The number of rotatable bonds is 5. The third-order valence-electron chi connectivity index (χ3n) is 3.29.